The Bertz CT molecular complexity index is 647. The Hall–Kier alpha value is -1.33. The standard InChI is InChI=1S/C20H25NO2S/c22-15-16-7-8-19-17(13-16)9-11-21(14-20(19)23)10-4-12-24-18-5-2-1-3-6-18/h1-3,5-8,13,20,22-23H,4,9-12,14-15H2. The van der Waals surface area contributed by atoms with Gasteiger partial charge in [-0.05, 0) is 54.0 Å². The molecule has 3 rings (SSSR count). The summed E-state index contributed by atoms with van der Waals surface area (Å²) in [5.74, 6) is 1.10. The molecule has 1 atom stereocenters. The second-order valence-corrected chi connectivity index (χ2v) is 7.44. The van der Waals surface area contributed by atoms with Crippen molar-refractivity contribution in [2.24, 2.45) is 0 Å². The Morgan fingerprint density at radius 3 is 2.75 bits per heavy atom. The van der Waals surface area contributed by atoms with E-state index >= 15 is 0 Å². The highest BCUT2D eigenvalue weighted by Crippen LogP contribution is 2.25. The van der Waals surface area contributed by atoms with Gasteiger partial charge in [0.1, 0.15) is 0 Å². The number of β-amino-alcohol motifs (C(OH)–C–C–N with tert-alkyl or cyclic N) is 1. The Morgan fingerprint density at radius 1 is 1.12 bits per heavy atom. The van der Waals surface area contributed by atoms with Gasteiger partial charge in [-0.25, -0.2) is 0 Å². The fourth-order valence-electron chi connectivity index (χ4n) is 3.21. The van der Waals surface area contributed by atoms with Crippen LogP contribution in [0.3, 0.4) is 0 Å². The van der Waals surface area contributed by atoms with Gasteiger partial charge >= 0.3 is 0 Å². The lowest BCUT2D eigenvalue weighted by molar-refractivity contribution is 0.120. The molecule has 0 aliphatic carbocycles. The third-order valence-electron chi connectivity index (χ3n) is 4.51. The van der Waals surface area contributed by atoms with E-state index in [2.05, 4.69) is 29.2 Å². The second-order valence-electron chi connectivity index (χ2n) is 6.27. The van der Waals surface area contributed by atoms with E-state index < -0.39 is 6.10 Å². The average molecular weight is 343 g/mol. The largest absolute Gasteiger partial charge is 0.392 e. The summed E-state index contributed by atoms with van der Waals surface area (Å²) >= 11 is 1.89. The van der Waals surface area contributed by atoms with Crippen LogP contribution >= 0.6 is 11.8 Å². The fraction of sp³-hybridized carbons (Fsp3) is 0.400. The molecule has 0 spiro atoms. The van der Waals surface area contributed by atoms with E-state index in [1.165, 1.54) is 10.5 Å². The zero-order chi connectivity index (χ0) is 16.8. The van der Waals surface area contributed by atoms with Crippen molar-refractivity contribution in [1.82, 2.24) is 4.90 Å². The molecule has 1 aliphatic rings. The summed E-state index contributed by atoms with van der Waals surface area (Å²) in [6.07, 6.45) is 1.62. The average Bonchev–Trinajstić information content (AvgIpc) is 2.78. The van der Waals surface area contributed by atoms with Gasteiger partial charge < -0.3 is 15.1 Å². The summed E-state index contributed by atoms with van der Waals surface area (Å²) < 4.78 is 0. The molecule has 0 aromatic heterocycles. The first-order chi connectivity index (χ1) is 11.8. The van der Waals surface area contributed by atoms with Crippen LogP contribution in [0.5, 0.6) is 0 Å². The minimum atomic E-state index is -0.433. The maximum atomic E-state index is 10.5. The lowest BCUT2D eigenvalue weighted by atomic mass is 9.99. The Balaban J connectivity index is 1.50. The zero-order valence-electron chi connectivity index (χ0n) is 13.9. The molecule has 1 heterocycles. The zero-order valence-corrected chi connectivity index (χ0v) is 14.7. The van der Waals surface area contributed by atoms with Crippen LogP contribution in [0, 0.1) is 0 Å². The highest BCUT2D eigenvalue weighted by Gasteiger charge is 2.21. The third kappa shape index (κ3) is 4.61. The van der Waals surface area contributed by atoms with E-state index in [0.29, 0.717) is 6.54 Å². The van der Waals surface area contributed by atoms with Gasteiger partial charge in [0.05, 0.1) is 12.7 Å². The first kappa shape index (κ1) is 17.5. The molecule has 0 saturated heterocycles. The highest BCUT2D eigenvalue weighted by molar-refractivity contribution is 7.99. The van der Waals surface area contributed by atoms with Crippen LogP contribution in [0.4, 0.5) is 0 Å². The first-order valence-corrected chi connectivity index (χ1v) is 9.55. The van der Waals surface area contributed by atoms with Gasteiger partial charge in [-0.3, -0.25) is 0 Å². The van der Waals surface area contributed by atoms with E-state index in [0.717, 1.165) is 42.8 Å². The molecule has 24 heavy (non-hydrogen) atoms. The topological polar surface area (TPSA) is 43.7 Å². The Labute approximate surface area is 148 Å². The molecule has 0 radical (unpaired) electrons. The van der Waals surface area contributed by atoms with E-state index in [9.17, 15) is 10.2 Å². The van der Waals surface area contributed by atoms with E-state index in [1.54, 1.807) is 0 Å². The van der Waals surface area contributed by atoms with Crippen LogP contribution in [0.25, 0.3) is 0 Å². The van der Waals surface area contributed by atoms with Crippen molar-refractivity contribution in [2.45, 2.75) is 30.4 Å². The number of nitrogens with zero attached hydrogens (tertiary/aromatic N) is 1. The highest BCUT2D eigenvalue weighted by atomic mass is 32.2. The van der Waals surface area contributed by atoms with Crippen molar-refractivity contribution < 1.29 is 10.2 Å². The molecule has 3 nitrogen and oxygen atoms in total. The lowest BCUT2D eigenvalue weighted by Gasteiger charge is -2.21. The summed E-state index contributed by atoms with van der Waals surface area (Å²) in [7, 11) is 0. The van der Waals surface area contributed by atoms with E-state index in [1.807, 2.05) is 36.0 Å². The Kier molecular flexibility index (Phi) is 6.32. The molecule has 128 valence electrons. The van der Waals surface area contributed by atoms with Gasteiger partial charge in [-0.2, -0.15) is 0 Å². The van der Waals surface area contributed by atoms with Crippen LogP contribution in [-0.2, 0) is 13.0 Å². The number of hydrogen-bond acceptors (Lipinski definition) is 4. The third-order valence-corrected chi connectivity index (χ3v) is 5.61. The van der Waals surface area contributed by atoms with Crippen LogP contribution in [0.1, 0.15) is 29.2 Å². The maximum Gasteiger partial charge on any atom is 0.0919 e. The van der Waals surface area contributed by atoms with Crippen LogP contribution < -0.4 is 0 Å². The molecule has 2 N–H and O–H groups in total. The monoisotopic (exact) mass is 343 g/mol. The van der Waals surface area contributed by atoms with E-state index in [-0.39, 0.29) is 6.61 Å². The quantitative estimate of drug-likeness (QED) is 0.624. The molecule has 1 unspecified atom stereocenters. The summed E-state index contributed by atoms with van der Waals surface area (Å²) in [6, 6.07) is 16.4. The van der Waals surface area contributed by atoms with Crippen molar-refractivity contribution in [3.63, 3.8) is 0 Å². The van der Waals surface area contributed by atoms with Gasteiger partial charge in [0.25, 0.3) is 0 Å². The summed E-state index contributed by atoms with van der Waals surface area (Å²) in [4.78, 5) is 3.67. The van der Waals surface area contributed by atoms with Crippen molar-refractivity contribution in [3.8, 4) is 0 Å². The predicted octanol–water partition coefficient (Wildman–Crippen LogP) is 3.25. The number of thioether (sulfide) groups is 1. The van der Waals surface area contributed by atoms with Crippen LogP contribution in [-0.4, -0.2) is 40.5 Å². The first-order valence-electron chi connectivity index (χ1n) is 8.57. The van der Waals surface area contributed by atoms with Crippen LogP contribution in [0.15, 0.2) is 53.4 Å². The number of hydrogen-bond donors (Lipinski definition) is 2. The van der Waals surface area contributed by atoms with E-state index in [4.69, 9.17) is 0 Å². The Morgan fingerprint density at radius 2 is 1.96 bits per heavy atom. The van der Waals surface area contributed by atoms with Gasteiger partial charge in [0, 0.05) is 18.0 Å². The maximum absolute atomic E-state index is 10.5. The smallest absolute Gasteiger partial charge is 0.0919 e. The minimum absolute atomic E-state index is 0.0593. The van der Waals surface area contributed by atoms with Gasteiger partial charge in [0.15, 0.2) is 0 Å². The molecule has 0 saturated carbocycles. The molecule has 0 bridgehead atoms. The molecule has 2 aromatic carbocycles. The molecular formula is C20H25NO2S. The fourth-order valence-corrected chi connectivity index (χ4v) is 4.07. The molecule has 0 fully saturated rings. The number of benzene rings is 2. The molecule has 2 aromatic rings. The van der Waals surface area contributed by atoms with Gasteiger partial charge in [-0.1, -0.05) is 36.4 Å². The summed E-state index contributed by atoms with van der Waals surface area (Å²) in [6.45, 7) is 2.73. The number of rotatable bonds is 6. The van der Waals surface area contributed by atoms with Crippen molar-refractivity contribution in [1.29, 1.82) is 0 Å². The number of fused-ring (bicyclic) bond motifs is 1. The molecule has 1 aliphatic heterocycles. The molecule has 4 heteroatoms. The number of aliphatic hydroxyl groups excluding tert-OH is 2. The lowest BCUT2D eigenvalue weighted by Crippen LogP contribution is -2.29. The number of aliphatic hydroxyl groups is 2. The van der Waals surface area contributed by atoms with Crippen molar-refractivity contribution in [2.75, 3.05) is 25.4 Å². The SMILES string of the molecule is OCc1ccc2c(c1)CCN(CCCSc1ccccc1)CC2O. The second kappa shape index (κ2) is 8.67. The van der Waals surface area contributed by atoms with Crippen LogP contribution in [0.2, 0.25) is 0 Å². The minimum Gasteiger partial charge on any atom is -0.392 e. The summed E-state index contributed by atoms with van der Waals surface area (Å²) in [5, 5.41) is 19.8. The van der Waals surface area contributed by atoms with Crippen molar-refractivity contribution >= 4 is 11.8 Å². The molecule has 0 amide bonds. The van der Waals surface area contributed by atoms with Gasteiger partial charge in [-0.15, -0.1) is 11.8 Å². The normalized spacial score (nSPS) is 18.2. The van der Waals surface area contributed by atoms with Crippen molar-refractivity contribution in [3.05, 3.63) is 65.2 Å². The molecular weight excluding hydrogens is 318 g/mol. The predicted molar refractivity (Wildman–Crippen MR) is 99.3 cm³/mol. The summed E-state index contributed by atoms with van der Waals surface area (Å²) in [5.41, 5.74) is 3.12. The van der Waals surface area contributed by atoms with Gasteiger partial charge in [0.2, 0.25) is 0 Å².